The van der Waals surface area contributed by atoms with Gasteiger partial charge in [0.2, 0.25) is 16.0 Å². The number of benzene rings is 1. The summed E-state index contributed by atoms with van der Waals surface area (Å²) in [6.07, 6.45) is 3.58. The van der Waals surface area contributed by atoms with E-state index in [0.717, 1.165) is 34.0 Å². The number of nitrogens with one attached hydrogen (secondary N) is 1. The highest BCUT2D eigenvalue weighted by Gasteiger charge is 2.24. The molecule has 0 radical (unpaired) electrons. The first-order valence-corrected chi connectivity index (χ1v) is 12.4. The van der Waals surface area contributed by atoms with Crippen molar-refractivity contribution in [1.29, 1.82) is 0 Å². The van der Waals surface area contributed by atoms with E-state index >= 15 is 0 Å². The molecule has 9 nitrogen and oxygen atoms in total. The number of hydrogen-bond donors (Lipinski definition) is 1. The fourth-order valence-corrected chi connectivity index (χ4v) is 4.93. The van der Waals surface area contributed by atoms with Crippen LogP contribution in [-0.2, 0) is 10.0 Å². The van der Waals surface area contributed by atoms with Crippen molar-refractivity contribution in [2.24, 2.45) is 0 Å². The lowest BCUT2D eigenvalue weighted by atomic mass is 10.2. The van der Waals surface area contributed by atoms with Crippen molar-refractivity contribution in [2.75, 3.05) is 36.4 Å². The van der Waals surface area contributed by atoms with Gasteiger partial charge in [0.05, 0.1) is 17.6 Å². The Kier molecular flexibility index (Phi) is 6.48. The second-order valence-electron chi connectivity index (χ2n) is 8.19. The van der Waals surface area contributed by atoms with E-state index in [-0.39, 0.29) is 6.04 Å². The van der Waals surface area contributed by atoms with Gasteiger partial charge in [-0.2, -0.15) is 4.31 Å². The minimum atomic E-state index is -3.36. The molecule has 1 aromatic carbocycles. The summed E-state index contributed by atoms with van der Waals surface area (Å²) in [6.45, 7) is 11.8. The first kappa shape index (κ1) is 22.9. The largest absolute Gasteiger partial charge is 0.369 e. The van der Waals surface area contributed by atoms with Crippen LogP contribution >= 0.6 is 0 Å². The van der Waals surface area contributed by atoms with Gasteiger partial charge >= 0.3 is 0 Å². The van der Waals surface area contributed by atoms with Gasteiger partial charge < -0.3 is 14.8 Å². The molecule has 3 aromatic rings. The zero-order valence-corrected chi connectivity index (χ0v) is 20.0. The number of hydrogen-bond acceptors (Lipinski definition) is 7. The molecule has 0 bridgehead atoms. The van der Waals surface area contributed by atoms with Crippen LogP contribution < -0.4 is 10.2 Å². The van der Waals surface area contributed by atoms with Crippen molar-refractivity contribution >= 4 is 27.3 Å². The summed E-state index contributed by atoms with van der Waals surface area (Å²) in [6, 6.07) is 10.1. The average Bonchev–Trinajstić information content (AvgIpc) is 3.21. The van der Waals surface area contributed by atoms with Gasteiger partial charge in [-0.1, -0.05) is 6.58 Å². The van der Waals surface area contributed by atoms with Crippen molar-refractivity contribution in [3.05, 3.63) is 60.5 Å². The van der Waals surface area contributed by atoms with Gasteiger partial charge in [-0.05, 0) is 51.1 Å². The molecule has 174 valence electrons. The van der Waals surface area contributed by atoms with E-state index in [1.165, 1.54) is 4.31 Å². The first-order valence-electron chi connectivity index (χ1n) is 10.9. The molecule has 0 spiro atoms. The Labute approximate surface area is 194 Å². The molecule has 0 unspecified atom stereocenters. The molecular formula is C23H29N7O2S. The van der Waals surface area contributed by atoms with E-state index in [1.54, 1.807) is 6.20 Å². The smallest absolute Gasteiger partial charge is 0.235 e. The van der Waals surface area contributed by atoms with Crippen LogP contribution in [-0.4, -0.2) is 58.4 Å². The van der Waals surface area contributed by atoms with Crippen molar-refractivity contribution in [3.8, 4) is 11.4 Å². The summed E-state index contributed by atoms with van der Waals surface area (Å²) in [5, 5.41) is 4.28. The Balaban J connectivity index is 1.44. The lowest BCUT2D eigenvalue weighted by Crippen LogP contribution is -2.48. The molecule has 1 aliphatic heterocycles. The summed E-state index contributed by atoms with van der Waals surface area (Å²) in [4.78, 5) is 15.7. The number of aromatic nitrogens is 4. The van der Waals surface area contributed by atoms with Gasteiger partial charge in [0, 0.05) is 55.2 Å². The molecule has 0 atom stereocenters. The quantitative estimate of drug-likeness (QED) is 0.567. The van der Waals surface area contributed by atoms with E-state index < -0.39 is 10.0 Å². The van der Waals surface area contributed by atoms with E-state index in [4.69, 9.17) is 0 Å². The maximum Gasteiger partial charge on any atom is 0.235 e. The molecule has 1 aliphatic rings. The highest BCUT2D eigenvalue weighted by Crippen LogP contribution is 2.25. The van der Waals surface area contributed by atoms with E-state index in [9.17, 15) is 8.42 Å². The third-order valence-corrected chi connectivity index (χ3v) is 7.22. The van der Waals surface area contributed by atoms with Crippen LogP contribution in [0, 0.1) is 6.92 Å². The molecule has 1 saturated heterocycles. The van der Waals surface area contributed by atoms with Crippen LogP contribution in [0.5, 0.6) is 0 Å². The van der Waals surface area contributed by atoms with Gasteiger partial charge in [0.1, 0.15) is 5.82 Å². The molecule has 0 saturated carbocycles. The lowest BCUT2D eigenvalue weighted by Gasteiger charge is -2.34. The summed E-state index contributed by atoms with van der Waals surface area (Å²) in [7, 11) is -3.36. The van der Waals surface area contributed by atoms with Gasteiger partial charge in [-0.3, -0.25) is 0 Å². The van der Waals surface area contributed by atoms with Crippen LogP contribution in [0.4, 0.5) is 17.3 Å². The van der Waals surface area contributed by atoms with Crippen molar-refractivity contribution in [1.82, 2.24) is 23.8 Å². The van der Waals surface area contributed by atoms with Crippen LogP contribution in [0.3, 0.4) is 0 Å². The third-order valence-electron chi connectivity index (χ3n) is 5.71. The zero-order chi connectivity index (χ0) is 23.6. The van der Waals surface area contributed by atoms with Gasteiger partial charge in [0.25, 0.3) is 0 Å². The van der Waals surface area contributed by atoms with E-state index in [1.807, 2.05) is 43.5 Å². The normalized spacial score (nSPS) is 15.1. The van der Waals surface area contributed by atoms with Gasteiger partial charge in [0.15, 0.2) is 0 Å². The molecule has 3 heterocycles. The molecule has 1 fully saturated rings. The number of piperazine rings is 1. The molecule has 10 heteroatoms. The maximum atomic E-state index is 11.9. The van der Waals surface area contributed by atoms with Crippen molar-refractivity contribution in [2.45, 2.75) is 26.8 Å². The van der Waals surface area contributed by atoms with Crippen molar-refractivity contribution < 1.29 is 8.42 Å². The van der Waals surface area contributed by atoms with Crippen LogP contribution in [0.1, 0.15) is 25.7 Å². The molecule has 0 amide bonds. The zero-order valence-electron chi connectivity index (χ0n) is 19.1. The van der Waals surface area contributed by atoms with Crippen LogP contribution in [0.15, 0.2) is 54.7 Å². The first-order chi connectivity index (χ1) is 15.8. The van der Waals surface area contributed by atoms with Gasteiger partial charge in [-0.25, -0.2) is 23.4 Å². The minimum Gasteiger partial charge on any atom is -0.369 e. The third kappa shape index (κ3) is 4.91. The fraction of sp³-hybridized carbons (Fsp3) is 0.348. The fourth-order valence-electron chi connectivity index (χ4n) is 4.05. The molecule has 1 N–H and O–H groups in total. The van der Waals surface area contributed by atoms with E-state index in [2.05, 4.69) is 50.2 Å². The predicted molar refractivity (Wildman–Crippen MR) is 131 cm³/mol. The van der Waals surface area contributed by atoms with Gasteiger partial charge in [-0.15, -0.1) is 0 Å². The molecule has 2 aromatic heterocycles. The Hall–Kier alpha value is -3.24. The minimum absolute atomic E-state index is 0.278. The summed E-state index contributed by atoms with van der Waals surface area (Å²) in [5.74, 6) is 1.46. The molecule has 4 rings (SSSR count). The Morgan fingerprint density at radius 3 is 2.39 bits per heavy atom. The summed E-state index contributed by atoms with van der Waals surface area (Å²) in [5.41, 5.74) is 3.69. The lowest BCUT2D eigenvalue weighted by molar-refractivity contribution is 0.390. The van der Waals surface area contributed by atoms with E-state index in [0.29, 0.717) is 32.1 Å². The SMILES string of the molecule is C=CS(=O)(=O)N1CCN(c2ccc(Nc3nccc(-c4cnc(C)n4C(C)C)n3)cc2)CC1. The Bertz CT molecular complexity index is 1230. The number of sulfonamides is 1. The highest BCUT2D eigenvalue weighted by molar-refractivity contribution is 7.92. The number of nitrogens with zero attached hydrogens (tertiary/aromatic N) is 6. The molecular weight excluding hydrogens is 438 g/mol. The summed E-state index contributed by atoms with van der Waals surface area (Å²) >= 11 is 0. The second kappa shape index (κ2) is 9.32. The van der Waals surface area contributed by atoms with Crippen LogP contribution in [0.25, 0.3) is 11.4 Å². The Morgan fingerprint density at radius 2 is 1.76 bits per heavy atom. The maximum absolute atomic E-state index is 11.9. The topological polar surface area (TPSA) is 96.3 Å². The number of anilines is 3. The second-order valence-corrected chi connectivity index (χ2v) is 10.1. The van der Waals surface area contributed by atoms with Crippen LogP contribution in [0.2, 0.25) is 0 Å². The predicted octanol–water partition coefficient (Wildman–Crippen LogP) is 3.57. The Morgan fingerprint density at radius 1 is 1.06 bits per heavy atom. The highest BCUT2D eigenvalue weighted by atomic mass is 32.2. The number of imidazole rings is 1. The summed E-state index contributed by atoms with van der Waals surface area (Å²) < 4.78 is 27.5. The number of aryl methyl sites for hydroxylation is 1. The molecule has 0 aliphatic carbocycles. The number of rotatable bonds is 7. The monoisotopic (exact) mass is 467 g/mol. The molecule has 33 heavy (non-hydrogen) atoms. The van der Waals surface area contributed by atoms with Crippen molar-refractivity contribution in [3.63, 3.8) is 0 Å². The standard InChI is InChI=1S/C23H29N7O2S/c1-5-33(31,32)29-14-12-28(13-15-29)20-8-6-19(7-9-20)26-23-24-11-10-21(27-23)22-16-25-18(4)30(22)17(2)3/h5-11,16-17H,1,12-15H2,2-4H3,(H,24,26,27). The average molecular weight is 468 g/mol.